The van der Waals surface area contributed by atoms with Crippen LogP contribution in [0.1, 0.15) is 33.5 Å². The van der Waals surface area contributed by atoms with Gasteiger partial charge in [0, 0.05) is 10.6 Å². The van der Waals surface area contributed by atoms with E-state index in [1.807, 2.05) is 73.8 Å². The van der Waals surface area contributed by atoms with Crippen LogP contribution in [0, 0.1) is 6.92 Å². The van der Waals surface area contributed by atoms with Crippen molar-refractivity contribution in [2.75, 3.05) is 25.2 Å². The number of aryl methyl sites for hydroxylation is 1. The summed E-state index contributed by atoms with van der Waals surface area (Å²) in [5.41, 5.74) is 5.05. The molecule has 0 radical (unpaired) electrons. The molecule has 0 spiro atoms. The number of halogens is 1. The Morgan fingerprint density at radius 1 is 0.947 bits per heavy atom. The van der Waals surface area contributed by atoms with E-state index >= 15 is 0 Å². The summed E-state index contributed by atoms with van der Waals surface area (Å²) in [6.45, 7) is 3.69. The number of rotatable bonds is 14. The van der Waals surface area contributed by atoms with Crippen LogP contribution in [0.2, 0.25) is 5.02 Å². The number of hydrogen-bond acceptors (Lipinski definition) is 5. The van der Waals surface area contributed by atoms with Crippen molar-refractivity contribution in [1.29, 1.82) is 0 Å². The first-order valence-corrected chi connectivity index (χ1v) is 13.8. The van der Waals surface area contributed by atoms with E-state index in [9.17, 15) is 14.7 Å². The molecular weight excluding hydrogens is 517 g/mol. The van der Waals surface area contributed by atoms with Gasteiger partial charge in [-0.25, -0.2) is 4.79 Å². The van der Waals surface area contributed by atoms with Crippen molar-refractivity contribution >= 4 is 54.1 Å². The van der Waals surface area contributed by atoms with E-state index in [-0.39, 0.29) is 18.9 Å². The zero-order chi connectivity index (χ0) is 26.6. The standard InChI is InChI=1S/C29H32ClNO5S.Li.H/c1-20-5-3-4-6-24(20)26-17-22(19-36-15-14-35-18-21-7-10-23(30)11-8-21)9-12-25(26)28(32)31-27(29(33)34)13-16-37-2;;/h3-12,17,27H,13-16,18-19H2,1-2H3,(H,31,32)(H,33,34);;. The Kier molecular flexibility index (Phi) is 14.0. The number of ether oxygens (including phenoxy) is 2. The SMILES string of the molecule is CSCCC(NC(=O)c1ccc(COCCOCc2ccc(Cl)cc2)cc1-c1ccccc1C)C(=O)O.[LiH]. The van der Waals surface area contributed by atoms with Crippen molar-refractivity contribution in [1.82, 2.24) is 5.32 Å². The van der Waals surface area contributed by atoms with E-state index in [1.54, 1.807) is 17.8 Å². The summed E-state index contributed by atoms with van der Waals surface area (Å²) in [7, 11) is 0. The Morgan fingerprint density at radius 2 is 1.58 bits per heavy atom. The molecule has 1 amide bonds. The predicted molar refractivity (Wildman–Crippen MR) is 156 cm³/mol. The third kappa shape index (κ3) is 9.81. The maximum atomic E-state index is 13.2. The average Bonchev–Trinajstić information content (AvgIpc) is 2.89. The van der Waals surface area contributed by atoms with Crippen LogP contribution in [0.4, 0.5) is 0 Å². The Morgan fingerprint density at radius 3 is 2.21 bits per heavy atom. The van der Waals surface area contributed by atoms with Gasteiger partial charge in [-0.15, -0.1) is 0 Å². The van der Waals surface area contributed by atoms with E-state index in [0.717, 1.165) is 27.8 Å². The van der Waals surface area contributed by atoms with Gasteiger partial charge in [-0.1, -0.05) is 54.1 Å². The van der Waals surface area contributed by atoms with Gasteiger partial charge in [0.15, 0.2) is 0 Å². The molecule has 1 atom stereocenters. The molecule has 0 aliphatic heterocycles. The van der Waals surface area contributed by atoms with Gasteiger partial charge in [-0.05, 0) is 77.4 Å². The number of hydrogen-bond donors (Lipinski definition) is 2. The van der Waals surface area contributed by atoms with Crippen molar-refractivity contribution in [2.24, 2.45) is 0 Å². The fourth-order valence-corrected chi connectivity index (χ4v) is 4.38. The molecule has 38 heavy (non-hydrogen) atoms. The van der Waals surface area contributed by atoms with Crippen molar-refractivity contribution in [3.8, 4) is 11.1 Å². The van der Waals surface area contributed by atoms with Crippen molar-refractivity contribution in [3.05, 3.63) is 94.0 Å². The Bertz CT molecular complexity index is 1190. The van der Waals surface area contributed by atoms with Gasteiger partial charge in [-0.3, -0.25) is 4.79 Å². The summed E-state index contributed by atoms with van der Waals surface area (Å²) in [5.74, 6) is -0.806. The van der Waals surface area contributed by atoms with Crippen LogP contribution in [0.3, 0.4) is 0 Å². The molecule has 0 aromatic heterocycles. The Hall–Kier alpha value is -2.24. The number of nitrogens with one attached hydrogen (secondary N) is 1. The van der Waals surface area contributed by atoms with E-state index in [1.165, 1.54) is 0 Å². The summed E-state index contributed by atoms with van der Waals surface area (Å²) >= 11 is 7.45. The second kappa shape index (κ2) is 16.7. The fraction of sp³-hybridized carbons (Fsp3) is 0.310. The number of carbonyl (C=O) groups is 2. The monoisotopic (exact) mass is 549 g/mol. The van der Waals surface area contributed by atoms with Gasteiger partial charge < -0.3 is 19.9 Å². The van der Waals surface area contributed by atoms with Crippen molar-refractivity contribution < 1.29 is 24.2 Å². The van der Waals surface area contributed by atoms with E-state index in [2.05, 4.69) is 5.32 Å². The van der Waals surface area contributed by atoms with Crippen LogP contribution in [-0.2, 0) is 27.5 Å². The van der Waals surface area contributed by atoms with Gasteiger partial charge in [-0.2, -0.15) is 11.8 Å². The molecule has 3 rings (SSSR count). The van der Waals surface area contributed by atoms with Crippen LogP contribution in [0.5, 0.6) is 0 Å². The third-order valence-electron chi connectivity index (χ3n) is 5.80. The number of amides is 1. The molecule has 0 saturated carbocycles. The average molecular weight is 550 g/mol. The topological polar surface area (TPSA) is 84.9 Å². The van der Waals surface area contributed by atoms with E-state index in [4.69, 9.17) is 21.1 Å². The Labute approximate surface area is 245 Å². The van der Waals surface area contributed by atoms with Crippen LogP contribution < -0.4 is 5.32 Å². The molecule has 2 N–H and O–H groups in total. The van der Waals surface area contributed by atoms with E-state index in [0.29, 0.717) is 49.2 Å². The quantitative estimate of drug-likeness (QED) is 0.209. The molecular formula is C29H33ClLiNO5S. The molecule has 0 saturated heterocycles. The first-order valence-electron chi connectivity index (χ1n) is 12.0. The van der Waals surface area contributed by atoms with Gasteiger partial charge in [0.25, 0.3) is 5.91 Å². The molecule has 0 aliphatic rings. The molecule has 6 nitrogen and oxygen atoms in total. The fourth-order valence-electron chi connectivity index (χ4n) is 3.78. The second-order valence-corrected chi connectivity index (χ2v) is 9.99. The molecule has 198 valence electrons. The summed E-state index contributed by atoms with van der Waals surface area (Å²) in [4.78, 5) is 24.8. The third-order valence-corrected chi connectivity index (χ3v) is 6.70. The number of aliphatic carboxylic acids is 1. The molecule has 3 aromatic carbocycles. The summed E-state index contributed by atoms with van der Waals surface area (Å²) in [6.07, 6.45) is 2.26. The normalized spacial score (nSPS) is 11.4. The predicted octanol–water partition coefficient (Wildman–Crippen LogP) is 5.34. The number of carboxylic acids is 1. The van der Waals surface area contributed by atoms with Gasteiger partial charge in [0.2, 0.25) is 0 Å². The minimum atomic E-state index is -1.04. The van der Waals surface area contributed by atoms with Crippen LogP contribution in [0.25, 0.3) is 11.1 Å². The first kappa shape index (κ1) is 32.0. The van der Waals surface area contributed by atoms with Gasteiger partial charge >= 0.3 is 24.8 Å². The van der Waals surface area contributed by atoms with Crippen molar-refractivity contribution in [2.45, 2.75) is 32.6 Å². The molecule has 0 heterocycles. The first-order chi connectivity index (χ1) is 17.9. The minimum absolute atomic E-state index is 0. The molecule has 3 aromatic rings. The summed E-state index contributed by atoms with van der Waals surface area (Å²) in [6, 6.07) is 19.9. The maximum absolute atomic E-state index is 13.2. The van der Waals surface area contributed by atoms with Crippen LogP contribution >= 0.6 is 23.4 Å². The summed E-state index contributed by atoms with van der Waals surface area (Å²) < 4.78 is 11.5. The van der Waals surface area contributed by atoms with Crippen LogP contribution in [0.15, 0.2) is 66.7 Å². The molecule has 0 aliphatic carbocycles. The number of carbonyl (C=O) groups excluding carboxylic acids is 1. The summed E-state index contributed by atoms with van der Waals surface area (Å²) in [5, 5.41) is 12.9. The van der Waals surface area contributed by atoms with Gasteiger partial charge in [0.1, 0.15) is 6.04 Å². The number of carboxylic acid groups (broad SMARTS) is 1. The molecule has 0 fully saturated rings. The molecule has 9 heteroatoms. The van der Waals surface area contributed by atoms with E-state index < -0.39 is 17.9 Å². The number of thioether (sulfide) groups is 1. The van der Waals surface area contributed by atoms with Crippen LogP contribution in [-0.4, -0.2) is 67.1 Å². The zero-order valence-corrected chi connectivity index (χ0v) is 22.6. The van der Waals surface area contributed by atoms with Gasteiger partial charge in [0.05, 0.1) is 26.4 Å². The number of benzene rings is 3. The molecule has 1 unspecified atom stereocenters. The second-order valence-electron chi connectivity index (χ2n) is 8.57. The Balaban J connectivity index is 0.00000507. The zero-order valence-electron chi connectivity index (χ0n) is 21.0. The van der Waals surface area contributed by atoms with Crippen molar-refractivity contribution in [3.63, 3.8) is 0 Å². The molecule has 0 bridgehead atoms.